The molecule has 0 radical (unpaired) electrons. The van der Waals surface area contributed by atoms with Gasteiger partial charge in [0.15, 0.2) is 0 Å². The van der Waals surface area contributed by atoms with E-state index in [0.717, 1.165) is 39.1 Å². The van der Waals surface area contributed by atoms with Crippen LogP contribution in [0.2, 0.25) is 0 Å². The van der Waals surface area contributed by atoms with Gasteiger partial charge in [0, 0.05) is 26.0 Å². The van der Waals surface area contributed by atoms with Crippen LogP contribution in [0.25, 0.3) is 0 Å². The van der Waals surface area contributed by atoms with Gasteiger partial charge in [-0.2, -0.15) is 13.2 Å². The van der Waals surface area contributed by atoms with Gasteiger partial charge in [-0.1, -0.05) is 6.07 Å². The third-order valence-electron chi connectivity index (χ3n) is 4.84. The number of aromatic nitrogens is 1. The summed E-state index contributed by atoms with van der Waals surface area (Å²) in [4.78, 5) is 27.2. The Labute approximate surface area is 166 Å². The molecule has 2 saturated heterocycles. The van der Waals surface area contributed by atoms with Crippen molar-refractivity contribution in [2.24, 2.45) is 5.92 Å². The largest absolute Gasteiger partial charge is 0.490 e. The number of carboxylic acids is 1. The molecule has 0 aromatic carbocycles. The number of aliphatic carboxylic acids is 1. The zero-order chi connectivity index (χ0) is 21.5. The van der Waals surface area contributed by atoms with Gasteiger partial charge in [0.2, 0.25) is 0 Å². The molecule has 1 atom stereocenters. The summed E-state index contributed by atoms with van der Waals surface area (Å²) in [7, 11) is 0. The maximum absolute atomic E-state index is 12.3. The van der Waals surface area contributed by atoms with Gasteiger partial charge < -0.3 is 19.5 Å². The molecule has 0 aliphatic carbocycles. The van der Waals surface area contributed by atoms with Crippen LogP contribution < -0.4 is 0 Å². The van der Waals surface area contributed by atoms with Crippen molar-refractivity contribution in [2.75, 3.05) is 32.9 Å². The Kier molecular flexibility index (Phi) is 7.97. The van der Waals surface area contributed by atoms with Crippen LogP contribution in [0.3, 0.4) is 0 Å². The van der Waals surface area contributed by atoms with Gasteiger partial charge in [-0.25, -0.2) is 4.79 Å². The zero-order valence-corrected chi connectivity index (χ0v) is 16.2. The second-order valence-electron chi connectivity index (χ2n) is 7.06. The molecular weight excluding hydrogens is 393 g/mol. The number of rotatable bonds is 5. The molecule has 3 rings (SSSR count). The highest BCUT2D eigenvalue weighted by atomic mass is 19.4. The van der Waals surface area contributed by atoms with E-state index in [1.54, 1.807) is 12.3 Å². The number of amides is 1. The molecule has 7 nitrogen and oxygen atoms in total. The molecule has 1 N–H and O–H groups in total. The van der Waals surface area contributed by atoms with E-state index in [4.69, 9.17) is 19.4 Å². The molecule has 2 aliphatic heterocycles. The number of carbonyl (C=O) groups is 2. The first-order valence-corrected chi connectivity index (χ1v) is 9.39. The quantitative estimate of drug-likeness (QED) is 0.740. The van der Waals surface area contributed by atoms with E-state index in [1.165, 1.54) is 0 Å². The van der Waals surface area contributed by atoms with Crippen molar-refractivity contribution in [3.63, 3.8) is 0 Å². The number of carbonyl (C=O) groups excluding carboxylic acids is 1. The number of likely N-dealkylation sites (tertiary alicyclic amines) is 1. The van der Waals surface area contributed by atoms with Crippen LogP contribution in [0.5, 0.6) is 0 Å². The van der Waals surface area contributed by atoms with E-state index >= 15 is 0 Å². The third kappa shape index (κ3) is 6.67. The standard InChI is InChI=1S/C17H24N2O3.C2HF3O2/c1-2-21-9-6-14-7-10-22-17(11-14)12-19(13-17)16(20)15-5-3-4-8-18-15;3-2(4,5)1(6)7/h3-5,8,14H,2,6-7,9-13H2,1H3;(H,6,7). The molecule has 2 fully saturated rings. The fraction of sp³-hybridized carbons (Fsp3) is 0.632. The van der Waals surface area contributed by atoms with Gasteiger partial charge in [-0.15, -0.1) is 0 Å². The first kappa shape index (κ1) is 23.1. The van der Waals surface area contributed by atoms with E-state index in [-0.39, 0.29) is 11.5 Å². The fourth-order valence-electron chi connectivity index (χ4n) is 3.43. The van der Waals surface area contributed by atoms with Crippen LogP contribution in [0.4, 0.5) is 13.2 Å². The average molecular weight is 418 g/mol. The summed E-state index contributed by atoms with van der Waals surface area (Å²) in [5, 5.41) is 7.12. The van der Waals surface area contributed by atoms with Crippen LogP contribution >= 0.6 is 0 Å². The monoisotopic (exact) mass is 418 g/mol. The summed E-state index contributed by atoms with van der Waals surface area (Å²) >= 11 is 0. The third-order valence-corrected chi connectivity index (χ3v) is 4.84. The second-order valence-corrected chi connectivity index (χ2v) is 7.06. The van der Waals surface area contributed by atoms with E-state index in [9.17, 15) is 18.0 Å². The van der Waals surface area contributed by atoms with Gasteiger partial charge in [-0.3, -0.25) is 9.78 Å². The summed E-state index contributed by atoms with van der Waals surface area (Å²) in [6.45, 7) is 5.80. The Bertz CT molecular complexity index is 678. The highest BCUT2D eigenvalue weighted by molar-refractivity contribution is 5.93. The van der Waals surface area contributed by atoms with Crippen molar-refractivity contribution in [3.8, 4) is 0 Å². The predicted molar refractivity (Wildman–Crippen MR) is 96.3 cm³/mol. The summed E-state index contributed by atoms with van der Waals surface area (Å²) in [6, 6.07) is 5.43. The van der Waals surface area contributed by atoms with Gasteiger partial charge in [0.1, 0.15) is 11.3 Å². The fourth-order valence-corrected chi connectivity index (χ4v) is 3.43. The van der Waals surface area contributed by atoms with Crippen LogP contribution in [0.15, 0.2) is 24.4 Å². The van der Waals surface area contributed by atoms with Gasteiger partial charge >= 0.3 is 12.1 Å². The van der Waals surface area contributed by atoms with Crippen molar-refractivity contribution < 1.29 is 37.3 Å². The highest BCUT2D eigenvalue weighted by Crippen LogP contribution is 2.38. The number of carboxylic acid groups (broad SMARTS) is 1. The summed E-state index contributed by atoms with van der Waals surface area (Å²) in [5.74, 6) is -2.11. The Hall–Kier alpha value is -2.20. The zero-order valence-electron chi connectivity index (χ0n) is 16.2. The normalized spacial score (nSPS) is 20.4. The van der Waals surface area contributed by atoms with Gasteiger partial charge in [0.05, 0.1) is 13.1 Å². The van der Waals surface area contributed by atoms with Crippen molar-refractivity contribution in [2.45, 2.75) is 38.0 Å². The maximum atomic E-state index is 12.3. The molecule has 10 heteroatoms. The van der Waals surface area contributed by atoms with Crippen molar-refractivity contribution in [1.82, 2.24) is 9.88 Å². The van der Waals surface area contributed by atoms with Gasteiger partial charge in [-0.05, 0) is 44.2 Å². The molecule has 0 bridgehead atoms. The molecular formula is C19H25F3N2O5. The number of hydrogen-bond acceptors (Lipinski definition) is 5. The van der Waals surface area contributed by atoms with Crippen molar-refractivity contribution in [3.05, 3.63) is 30.1 Å². The minimum Gasteiger partial charge on any atom is -0.475 e. The lowest BCUT2D eigenvalue weighted by Crippen LogP contribution is -2.66. The maximum Gasteiger partial charge on any atom is 0.490 e. The molecule has 3 heterocycles. The number of halogens is 3. The van der Waals surface area contributed by atoms with Crippen LogP contribution in [0, 0.1) is 5.92 Å². The lowest BCUT2D eigenvalue weighted by Gasteiger charge is -2.53. The minimum atomic E-state index is -5.08. The van der Waals surface area contributed by atoms with E-state index in [1.807, 2.05) is 24.0 Å². The lowest BCUT2D eigenvalue weighted by molar-refractivity contribution is -0.192. The number of pyridine rings is 1. The van der Waals surface area contributed by atoms with Crippen molar-refractivity contribution in [1.29, 1.82) is 0 Å². The average Bonchev–Trinajstić information content (AvgIpc) is 2.66. The molecule has 29 heavy (non-hydrogen) atoms. The number of ether oxygens (including phenoxy) is 2. The molecule has 1 aromatic rings. The van der Waals surface area contributed by atoms with Crippen LogP contribution in [-0.4, -0.2) is 71.6 Å². The Morgan fingerprint density at radius 3 is 2.62 bits per heavy atom. The summed E-state index contributed by atoms with van der Waals surface area (Å²) < 4.78 is 43.2. The Balaban J connectivity index is 0.000000370. The molecule has 162 valence electrons. The van der Waals surface area contributed by atoms with E-state index in [2.05, 4.69) is 4.98 Å². The van der Waals surface area contributed by atoms with E-state index in [0.29, 0.717) is 24.7 Å². The molecule has 1 aromatic heterocycles. The predicted octanol–water partition coefficient (Wildman–Crippen LogP) is 2.76. The molecule has 1 amide bonds. The summed E-state index contributed by atoms with van der Waals surface area (Å²) in [6.07, 6.45) is -0.203. The number of nitrogens with zero attached hydrogens (tertiary/aromatic N) is 2. The minimum absolute atomic E-state index is 0.00580. The molecule has 1 unspecified atom stereocenters. The van der Waals surface area contributed by atoms with E-state index < -0.39 is 12.1 Å². The Morgan fingerprint density at radius 2 is 2.07 bits per heavy atom. The molecule has 2 aliphatic rings. The first-order chi connectivity index (χ1) is 13.7. The summed E-state index contributed by atoms with van der Waals surface area (Å²) in [5.41, 5.74) is 0.389. The van der Waals surface area contributed by atoms with Crippen molar-refractivity contribution >= 4 is 11.9 Å². The number of hydrogen-bond donors (Lipinski definition) is 1. The molecule has 0 saturated carbocycles. The first-order valence-electron chi connectivity index (χ1n) is 9.39. The van der Waals surface area contributed by atoms with Crippen LogP contribution in [0.1, 0.15) is 36.7 Å². The smallest absolute Gasteiger partial charge is 0.475 e. The lowest BCUT2D eigenvalue weighted by atomic mass is 9.79. The van der Waals surface area contributed by atoms with Gasteiger partial charge in [0.25, 0.3) is 5.91 Å². The molecule has 1 spiro atoms. The highest BCUT2D eigenvalue weighted by Gasteiger charge is 2.49. The SMILES string of the molecule is CCOCCC1CCOC2(C1)CN(C(=O)c1ccccn1)C2.O=C(O)C(F)(F)F. The second kappa shape index (κ2) is 10.0. The topological polar surface area (TPSA) is 89.0 Å². The number of alkyl halides is 3. The Morgan fingerprint density at radius 1 is 1.38 bits per heavy atom. The van der Waals surface area contributed by atoms with Crippen LogP contribution in [-0.2, 0) is 14.3 Å².